The molecular formula is C22H23NO9. The Morgan fingerprint density at radius 2 is 1.44 bits per heavy atom. The maximum absolute atomic E-state index is 12.1. The predicted molar refractivity (Wildman–Crippen MR) is 112 cm³/mol. The number of anilines is 1. The van der Waals surface area contributed by atoms with Gasteiger partial charge in [0, 0.05) is 5.69 Å². The first-order valence-corrected chi connectivity index (χ1v) is 9.32. The van der Waals surface area contributed by atoms with E-state index in [1.54, 1.807) is 18.2 Å². The molecule has 0 aliphatic carbocycles. The number of carbonyl (C=O) groups excluding carboxylic acids is 4. The molecule has 0 saturated heterocycles. The van der Waals surface area contributed by atoms with Crippen molar-refractivity contribution in [2.75, 3.05) is 39.9 Å². The first-order chi connectivity index (χ1) is 15.3. The van der Waals surface area contributed by atoms with Gasteiger partial charge in [0.1, 0.15) is 0 Å². The molecule has 2 aromatic rings. The molecule has 10 nitrogen and oxygen atoms in total. The van der Waals surface area contributed by atoms with Crippen LogP contribution in [0, 0.1) is 6.92 Å². The molecule has 0 bridgehead atoms. The first-order valence-electron chi connectivity index (χ1n) is 9.32. The lowest BCUT2D eigenvalue weighted by Crippen LogP contribution is -2.24. The summed E-state index contributed by atoms with van der Waals surface area (Å²) in [5, 5.41) is 2.44. The van der Waals surface area contributed by atoms with Crippen molar-refractivity contribution in [2.45, 2.75) is 6.92 Å². The summed E-state index contributed by atoms with van der Waals surface area (Å²) in [6.45, 7) is 0.842. The minimum atomic E-state index is -0.777. The highest BCUT2D eigenvalue weighted by atomic mass is 16.6. The normalized spacial score (nSPS) is 10.0. The summed E-state index contributed by atoms with van der Waals surface area (Å²) in [7, 11) is 3.84. The fourth-order valence-corrected chi connectivity index (χ4v) is 2.59. The van der Waals surface area contributed by atoms with E-state index in [1.165, 1.54) is 39.5 Å². The maximum Gasteiger partial charge on any atom is 0.344 e. The van der Waals surface area contributed by atoms with Crippen molar-refractivity contribution in [1.29, 1.82) is 0 Å². The molecule has 0 heterocycles. The number of hydrogen-bond acceptors (Lipinski definition) is 9. The quantitative estimate of drug-likeness (QED) is 0.456. The average Bonchev–Trinajstić information content (AvgIpc) is 2.80. The van der Waals surface area contributed by atoms with Crippen molar-refractivity contribution < 1.29 is 42.9 Å². The fraction of sp³-hybridized carbons (Fsp3) is 0.273. The Bertz CT molecular complexity index is 982. The Balaban J connectivity index is 1.95. The largest absolute Gasteiger partial charge is 0.493 e. The van der Waals surface area contributed by atoms with Gasteiger partial charge in [0.2, 0.25) is 0 Å². The third kappa shape index (κ3) is 6.73. The summed E-state index contributed by atoms with van der Waals surface area (Å²) in [6, 6.07) is 9.09. The monoisotopic (exact) mass is 445 g/mol. The lowest BCUT2D eigenvalue weighted by atomic mass is 10.1. The molecule has 1 amide bonds. The van der Waals surface area contributed by atoms with Crippen molar-refractivity contribution in [3.63, 3.8) is 0 Å². The van der Waals surface area contributed by atoms with Crippen LogP contribution < -0.4 is 14.8 Å². The molecular weight excluding hydrogens is 422 g/mol. The smallest absolute Gasteiger partial charge is 0.344 e. The van der Waals surface area contributed by atoms with E-state index in [2.05, 4.69) is 14.8 Å². The van der Waals surface area contributed by atoms with Crippen LogP contribution in [0.1, 0.15) is 26.3 Å². The summed E-state index contributed by atoms with van der Waals surface area (Å²) in [4.78, 5) is 47.7. The molecule has 170 valence electrons. The van der Waals surface area contributed by atoms with E-state index in [0.717, 1.165) is 5.56 Å². The van der Waals surface area contributed by atoms with Gasteiger partial charge in [-0.1, -0.05) is 6.07 Å². The molecule has 32 heavy (non-hydrogen) atoms. The fourth-order valence-electron chi connectivity index (χ4n) is 2.59. The van der Waals surface area contributed by atoms with Crippen LogP contribution in [0.25, 0.3) is 0 Å². The Morgan fingerprint density at radius 1 is 0.812 bits per heavy atom. The Kier molecular flexibility index (Phi) is 8.58. The van der Waals surface area contributed by atoms with Gasteiger partial charge in [0.15, 0.2) is 24.7 Å². The zero-order chi connectivity index (χ0) is 23.7. The molecule has 0 spiro atoms. The standard InChI is InChI=1S/C22H23NO9/c1-13-5-6-17(18(7-13)28-2)31-12-20(25)32-11-19(24)23-16-9-14(21(26)29-3)8-15(10-16)22(27)30-4/h5-10H,11-12H2,1-4H3,(H,23,24). The van der Waals surface area contributed by atoms with Crippen molar-refractivity contribution in [2.24, 2.45) is 0 Å². The van der Waals surface area contributed by atoms with Crippen LogP contribution in [-0.2, 0) is 23.8 Å². The third-order valence-corrected chi connectivity index (χ3v) is 4.09. The van der Waals surface area contributed by atoms with Crippen LogP contribution >= 0.6 is 0 Å². The number of esters is 3. The molecule has 10 heteroatoms. The Morgan fingerprint density at radius 3 is 2.00 bits per heavy atom. The summed E-state index contributed by atoms with van der Waals surface area (Å²) in [6.07, 6.45) is 0. The number of aryl methyl sites for hydroxylation is 1. The number of rotatable bonds is 9. The van der Waals surface area contributed by atoms with Gasteiger partial charge in [-0.25, -0.2) is 14.4 Å². The lowest BCUT2D eigenvalue weighted by Gasteiger charge is -2.12. The molecule has 0 aliphatic heterocycles. The summed E-state index contributed by atoms with van der Waals surface area (Å²) < 4.78 is 24.7. The molecule has 2 rings (SSSR count). The number of nitrogens with one attached hydrogen (secondary N) is 1. The molecule has 0 atom stereocenters. The van der Waals surface area contributed by atoms with Gasteiger partial charge in [-0.3, -0.25) is 4.79 Å². The van der Waals surface area contributed by atoms with Gasteiger partial charge in [-0.2, -0.15) is 0 Å². The highest BCUT2D eigenvalue weighted by molar-refractivity contribution is 6.00. The Hall–Kier alpha value is -4.08. The molecule has 0 aromatic heterocycles. The number of methoxy groups -OCH3 is 3. The van der Waals surface area contributed by atoms with E-state index in [4.69, 9.17) is 14.2 Å². The van der Waals surface area contributed by atoms with E-state index >= 15 is 0 Å². The van der Waals surface area contributed by atoms with Gasteiger partial charge in [-0.15, -0.1) is 0 Å². The number of amides is 1. The van der Waals surface area contributed by atoms with Crippen molar-refractivity contribution in [3.05, 3.63) is 53.1 Å². The molecule has 0 radical (unpaired) electrons. The first kappa shape index (κ1) is 24.2. The van der Waals surface area contributed by atoms with Crippen LogP contribution in [0.5, 0.6) is 11.5 Å². The third-order valence-electron chi connectivity index (χ3n) is 4.09. The van der Waals surface area contributed by atoms with E-state index < -0.39 is 37.0 Å². The average molecular weight is 445 g/mol. The van der Waals surface area contributed by atoms with Crippen LogP contribution in [0.2, 0.25) is 0 Å². The van der Waals surface area contributed by atoms with Gasteiger partial charge >= 0.3 is 17.9 Å². The predicted octanol–water partition coefficient (Wildman–Crippen LogP) is 2.14. The molecule has 0 saturated carbocycles. The molecule has 1 N–H and O–H groups in total. The summed E-state index contributed by atoms with van der Waals surface area (Å²) in [5.41, 5.74) is 1.14. The summed E-state index contributed by atoms with van der Waals surface area (Å²) >= 11 is 0. The Labute approximate surface area is 184 Å². The van der Waals surface area contributed by atoms with E-state index in [0.29, 0.717) is 11.5 Å². The van der Waals surface area contributed by atoms with E-state index in [1.807, 2.05) is 6.92 Å². The molecule has 2 aromatic carbocycles. The zero-order valence-corrected chi connectivity index (χ0v) is 18.1. The molecule has 0 fully saturated rings. The lowest BCUT2D eigenvalue weighted by molar-refractivity contribution is -0.149. The number of ether oxygens (including phenoxy) is 5. The van der Waals surface area contributed by atoms with Crippen LogP contribution in [-0.4, -0.2) is 58.4 Å². The van der Waals surface area contributed by atoms with Crippen LogP contribution in [0.3, 0.4) is 0 Å². The molecule has 0 aliphatic rings. The van der Waals surface area contributed by atoms with Crippen molar-refractivity contribution >= 4 is 29.5 Å². The van der Waals surface area contributed by atoms with E-state index in [-0.39, 0.29) is 16.8 Å². The van der Waals surface area contributed by atoms with Crippen molar-refractivity contribution in [3.8, 4) is 11.5 Å². The van der Waals surface area contributed by atoms with Crippen molar-refractivity contribution in [1.82, 2.24) is 0 Å². The van der Waals surface area contributed by atoms with Gasteiger partial charge < -0.3 is 29.0 Å². The molecule has 0 unspecified atom stereocenters. The number of benzene rings is 2. The second kappa shape index (κ2) is 11.3. The number of carbonyl (C=O) groups is 4. The highest BCUT2D eigenvalue weighted by Crippen LogP contribution is 2.27. The maximum atomic E-state index is 12.1. The topological polar surface area (TPSA) is 126 Å². The minimum Gasteiger partial charge on any atom is -0.493 e. The van der Waals surface area contributed by atoms with Crippen LogP contribution in [0.15, 0.2) is 36.4 Å². The van der Waals surface area contributed by atoms with Gasteiger partial charge in [0.25, 0.3) is 5.91 Å². The van der Waals surface area contributed by atoms with Gasteiger partial charge in [0.05, 0.1) is 32.5 Å². The summed E-state index contributed by atoms with van der Waals surface area (Å²) in [5.74, 6) is -2.06. The zero-order valence-electron chi connectivity index (χ0n) is 18.1. The second-order valence-electron chi connectivity index (χ2n) is 6.43. The second-order valence-corrected chi connectivity index (χ2v) is 6.43. The highest BCUT2D eigenvalue weighted by Gasteiger charge is 2.16. The van der Waals surface area contributed by atoms with E-state index in [9.17, 15) is 19.2 Å². The minimum absolute atomic E-state index is 0.0307. The van der Waals surface area contributed by atoms with Crippen LogP contribution in [0.4, 0.5) is 5.69 Å². The van der Waals surface area contributed by atoms with Gasteiger partial charge in [-0.05, 0) is 42.8 Å². The number of hydrogen-bond donors (Lipinski definition) is 1. The SMILES string of the molecule is COC(=O)c1cc(NC(=O)COC(=O)COc2ccc(C)cc2OC)cc(C(=O)OC)c1.